The number of carbonyl (C=O) groups is 3. The summed E-state index contributed by atoms with van der Waals surface area (Å²) >= 11 is 12.6. The first-order valence-electron chi connectivity index (χ1n) is 11.9. The molecule has 2 N–H and O–H groups in total. The number of piperazine rings is 1. The average molecular weight is 526 g/mol. The second-order valence-electron chi connectivity index (χ2n) is 8.49. The highest BCUT2D eigenvalue weighted by atomic mass is 35.5. The molecule has 0 unspecified atom stereocenters. The number of nitrogens with one attached hydrogen (secondary N) is 2. The van der Waals surface area contributed by atoms with E-state index in [0.29, 0.717) is 66.1 Å². The first kappa shape index (κ1) is 27.1. The Balaban J connectivity index is 1.99. The highest BCUT2D eigenvalue weighted by molar-refractivity contribution is 6.35. The van der Waals surface area contributed by atoms with Gasteiger partial charge in [-0.25, -0.2) is 14.4 Å². The second-order valence-corrected chi connectivity index (χ2v) is 9.33. The zero-order valence-electron chi connectivity index (χ0n) is 20.6. The van der Waals surface area contributed by atoms with Crippen molar-refractivity contribution >= 4 is 41.2 Å². The van der Waals surface area contributed by atoms with Gasteiger partial charge in [0.05, 0.1) is 18.2 Å². The van der Waals surface area contributed by atoms with Crippen LogP contribution in [0.2, 0.25) is 10.0 Å². The van der Waals surface area contributed by atoms with Gasteiger partial charge in [-0.2, -0.15) is 0 Å². The van der Waals surface area contributed by atoms with E-state index in [2.05, 4.69) is 15.5 Å². The fraction of sp³-hybridized carbons (Fsp3) is 0.542. The zero-order chi connectivity index (χ0) is 25.7. The molecule has 0 aromatic heterocycles. The topological polar surface area (TPSA) is 94.2 Å². The lowest BCUT2D eigenvalue weighted by molar-refractivity contribution is -0.139. The van der Waals surface area contributed by atoms with Crippen LogP contribution in [0.25, 0.3) is 0 Å². The van der Waals surface area contributed by atoms with Crippen molar-refractivity contribution in [1.82, 2.24) is 25.3 Å². The first-order valence-corrected chi connectivity index (χ1v) is 12.7. The molecule has 35 heavy (non-hydrogen) atoms. The van der Waals surface area contributed by atoms with Gasteiger partial charge in [-0.15, -0.1) is 0 Å². The Morgan fingerprint density at radius 2 is 1.94 bits per heavy atom. The van der Waals surface area contributed by atoms with Crippen molar-refractivity contribution in [2.24, 2.45) is 0 Å². The Hall–Kier alpha value is -2.49. The molecule has 1 saturated heterocycles. The summed E-state index contributed by atoms with van der Waals surface area (Å²) in [5.41, 5.74) is 1.48. The number of rotatable bonds is 7. The third-order valence-corrected chi connectivity index (χ3v) is 6.76. The molecular weight excluding hydrogens is 493 g/mol. The van der Waals surface area contributed by atoms with Gasteiger partial charge in [0, 0.05) is 61.1 Å². The quantitative estimate of drug-likeness (QED) is 0.530. The molecule has 0 aliphatic carbocycles. The minimum absolute atomic E-state index is 0.0315. The number of hydrogen-bond donors (Lipinski definition) is 2. The molecule has 192 valence electrons. The minimum Gasteiger partial charge on any atom is -0.463 e. The minimum atomic E-state index is -0.779. The SMILES string of the molecule is CCNC(=O)N1CCN(CC2=C(C(=O)OCC)[C@H](c3ccc(Cl)cc3Cl)NC(=O)N2CC)C[C@@H]1C. The van der Waals surface area contributed by atoms with E-state index in [9.17, 15) is 14.4 Å². The molecule has 2 atom stereocenters. The molecule has 9 nitrogen and oxygen atoms in total. The van der Waals surface area contributed by atoms with Crippen LogP contribution in [0.3, 0.4) is 0 Å². The van der Waals surface area contributed by atoms with Gasteiger partial charge in [-0.05, 0) is 45.4 Å². The van der Waals surface area contributed by atoms with Crippen molar-refractivity contribution in [3.05, 3.63) is 45.1 Å². The van der Waals surface area contributed by atoms with Gasteiger partial charge < -0.3 is 20.3 Å². The molecule has 0 saturated carbocycles. The Kier molecular flexibility index (Phi) is 9.27. The number of ether oxygens (including phenoxy) is 1. The van der Waals surface area contributed by atoms with E-state index < -0.39 is 12.0 Å². The lowest BCUT2D eigenvalue weighted by Gasteiger charge is -2.42. The third-order valence-electron chi connectivity index (χ3n) is 6.20. The molecule has 1 aromatic carbocycles. The predicted octanol–water partition coefficient (Wildman–Crippen LogP) is 3.63. The maximum Gasteiger partial charge on any atom is 0.338 e. The van der Waals surface area contributed by atoms with Crippen molar-refractivity contribution in [3.63, 3.8) is 0 Å². The molecule has 0 radical (unpaired) electrons. The predicted molar refractivity (Wildman–Crippen MR) is 135 cm³/mol. The highest BCUT2D eigenvalue weighted by Gasteiger charge is 2.40. The van der Waals surface area contributed by atoms with Crippen LogP contribution >= 0.6 is 23.2 Å². The van der Waals surface area contributed by atoms with Crippen LogP contribution in [-0.2, 0) is 9.53 Å². The van der Waals surface area contributed by atoms with Crippen LogP contribution in [0.5, 0.6) is 0 Å². The maximum absolute atomic E-state index is 13.3. The molecule has 1 fully saturated rings. The summed E-state index contributed by atoms with van der Waals surface area (Å²) in [6.07, 6.45) is 0. The van der Waals surface area contributed by atoms with Crippen LogP contribution in [0.4, 0.5) is 9.59 Å². The summed E-state index contributed by atoms with van der Waals surface area (Å²) in [7, 11) is 0. The molecule has 2 heterocycles. The average Bonchev–Trinajstić information content (AvgIpc) is 2.79. The summed E-state index contributed by atoms with van der Waals surface area (Å²) in [6.45, 7) is 10.7. The Labute approximate surface area is 216 Å². The third kappa shape index (κ3) is 6.02. The van der Waals surface area contributed by atoms with Gasteiger partial charge in [0.25, 0.3) is 0 Å². The number of hydrogen-bond acceptors (Lipinski definition) is 5. The molecule has 0 bridgehead atoms. The molecule has 3 rings (SSSR count). The van der Waals surface area contributed by atoms with Gasteiger partial charge in [0.2, 0.25) is 0 Å². The molecule has 2 aliphatic heterocycles. The van der Waals surface area contributed by atoms with Crippen LogP contribution in [0, 0.1) is 0 Å². The molecule has 4 amide bonds. The summed E-state index contributed by atoms with van der Waals surface area (Å²) in [5, 5.41) is 6.57. The molecule has 1 aromatic rings. The van der Waals surface area contributed by atoms with Crippen LogP contribution in [-0.4, -0.2) is 84.6 Å². The van der Waals surface area contributed by atoms with E-state index in [1.165, 1.54) is 0 Å². The first-order chi connectivity index (χ1) is 16.7. The van der Waals surface area contributed by atoms with E-state index in [4.69, 9.17) is 27.9 Å². The van der Waals surface area contributed by atoms with Crippen LogP contribution in [0.1, 0.15) is 39.3 Å². The van der Waals surface area contributed by atoms with E-state index in [1.54, 1.807) is 30.0 Å². The lowest BCUT2D eigenvalue weighted by Crippen LogP contribution is -2.58. The van der Waals surface area contributed by atoms with Gasteiger partial charge in [0.1, 0.15) is 0 Å². The largest absolute Gasteiger partial charge is 0.463 e. The van der Waals surface area contributed by atoms with Crippen molar-refractivity contribution in [3.8, 4) is 0 Å². The standard InChI is InChI=1S/C24H33Cl2N5O4/c1-5-27-23(33)31-11-10-29(13-15(31)4)14-19-20(22(32)35-7-3)21(28-24(34)30(19)6-2)17-9-8-16(25)12-18(17)26/h8-9,12,15,21H,5-7,10-11,13-14H2,1-4H3,(H,27,33)(H,28,34)/t15-,21-/m0/s1. The Bertz CT molecular complexity index is 1000. The number of nitrogens with zero attached hydrogens (tertiary/aromatic N) is 3. The highest BCUT2D eigenvalue weighted by Crippen LogP contribution is 2.36. The number of carbonyl (C=O) groups excluding carboxylic acids is 3. The van der Waals surface area contributed by atoms with E-state index in [1.807, 2.05) is 25.7 Å². The Morgan fingerprint density at radius 3 is 2.54 bits per heavy atom. The smallest absolute Gasteiger partial charge is 0.338 e. The fourth-order valence-corrected chi connectivity index (χ4v) is 5.09. The van der Waals surface area contributed by atoms with Gasteiger partial charge in [-0.1, -0.05) is 29.3 Å². The zero-order valence-corrected chi connectivity index (χ0v) is 22.1. The second kappa shape index (κ2) is 12.0. The number of benzene rings is 1. The van der Waals surface area contributed by atoms with Gasteiger partial charge in [-0.3, -0.25) is 9.80 Å². The summed E-state index contributed by atoms with van der Waals surface area (Å²) in [4.78, 5) is 44.3. The number of amides is 4. The van der Waals surface area contributed by atoms with Crippen molar-refractivity contribution in [2.45, 2.75) is 39.8 Å². The number of likely N-dealkylation sites (N-methyl/N-ethyl adjacent to an activating group) is 1. The van der Waals surface area contributed by atoms with Crippen molar-refractivity contribution in [2.75, 3.05) is 45.9 Å². The van der Waals surface area contributed by atoms with Crippen LogP contribution < -0.4 is 10.6 Å². The van der Waals surface area contributed by atoms with E-state index in [-0.39, 0.29) is 24.7 Å². The summed E-state index contributed by atoms with van der Waals surface area (Å²) in [6, 6.07) is 3.75. The van der Waals surface area contributed by atoms with Gasteiger partial charge >= 0.3 is 18.0 Å². The molecular formula is C24H33Cl2N5O4. The number of esters is 1. The molecule has 0 spiro atoms. The number of halogens is 2. The normalized spacial score (nSPS) is 21.1. The number of urea groups is 2. The fourth-order valence-electron chi connectivity index (χ4n) is 4.57. The summed E-state index contributed by atoms with van der Waals surface area (Å²) in [5.74, 6) is -0.508. The monoisotopic (exact) mass is 525 g/mol. The Morgan fingerprint density at radius 1 is 1.20 bits per heavy atom. The van der Waals surface area contributed by atoms with Crippen molar-refractivity contribution < 1.29 is 19.1 Å². The lowest BCUT2D eigenvalue weighted by atomic mass is 9.94. The summed E-state index contributed by atoms with van der Waals surface area (Å²) < 4.78 is 5.42. The molecule has 2 aliphatic rings. The van der Waals surface area contributed by atoms with Crippen molar-refractivity contribution in [1.29, 1.82) is 0 Å². The van der Waals surface area contributed by atoms with E-state index >= 15 is 0 Å². The molecule has 11 heteroatoms. The maximum atomic E-state index is 13.3. The van der Waals surface area contributed by atoms with Gasteiger partial charge in [0.15, 0.2) is 0 Å². The van der Waals surface area contributed by atoms with Crippen LogP contribution in [0.15, 0.2) is 29.5 Å². The van der Waals surface area contributed by atoms with E-state index in [0.717, 1.165) is 0 Å².